The van der Waals surface area contributed by atoms with Crippen molar-refractivity contribution in [2.24, 2.45) is 74.1 Å². The molecular formula is C88H124N18O10. The lowest BCUT2D eigenvalue weighted by Crippen LogP contribution is -2.62. The number of nitrogens with two attached hydrogens (primary N) is 1. The van der Waals surface area contributed by atoms with E-state index < -0.39 is 54.3 Å². The quantitative estimate of drug-likeness (QED) is 0.0125. The molecule has 14 rings (SSSR count). The summed E-state index contributed by atoms with van der Waals surface area (Å²) in [4.78, 5) is 89.8. The Labute approximate surface area is 684 Å². The maximum absolute atomic E-state index is 14.4. The van der Waals surface area contributed by atoms with Crippen molar-refractivity contribution in [2.75, 3.05) is 99.5 Å². The summed E-state index contributed by atoms with van der Waals surface area (Å²) >= 11 is 0. The van der Waals surface area contributed by atoms with E-state index in [1.54, 1.807) is 55.6 Å². The van der Waals surface area contributed by atoms with E-state index in [1.165, 1.54) is 12.8 Å². The molecule has 2 aliphatic heterocycles. The molecule has 626 valence electrons. The molecule has 8 aliphatic rings. The number of amides is 3. The number of aromatic carboxylic acids is 1. The van der Waals surface area contributed by atoms with Gasteiger partial charge in [0.15, 0.2) is 0 Å². The number of hydroxylamine groups is 4. The summed E-state index contributed by atoms with van der Waals surface area (Å²) in [6.45, 7) is 20.9. The number of nitrogens with one attached hydrogen (secondary N) is 3. The molecule has 28 nitrogen and oxygen atoms in total. The van der Waals surface area contributed by atoms with Crippen LogP contribution in [0.15, 0.2) is 132 Å². The molecule has 3 amide bonds. The highest BCUT2D eigenvalue weighted by atomic mass is 16.7. The van der Waals surface area contributed by atoms with E-state index >= 15 is 0 Å². The Hall–Kier alpha value is -9.28. The minimum Gasteiger partial charge on any atom is -0.496 e. The predicted molar refractivity (Wildman–Crippen MR) is 452 cm³/mol. The third-order valence-electron chi connectivity index (χ3n) is 25.7. The molecule has 6 aromatic rings. The second-order valence-electron chi connectivity index (χ2n) is 35.2. The van der Waals surface area contributed by atoms with Crippen molar-refractivity contribution in [1.29, 1.82) is 0 Å². The van der Waals surface area contributed by atoms with E-state index in [0.717, 1.165) is 87.5 Å². The summed E-state index contributed by atoms with van der Waals surface area (Å²) < 4.78 is 6.12. The van der Waals surface area contributed by atoms with E-state index in [0.29, 0.717) is 59.8 Å². The number of anilines is 2. The highest BCUT2D eigenvalue weighted by Crippen LogP contribution is 2.62. The number of likely N-dealkylation sites (N-methyl/N-ethyl adjacent to an activating group) is 2. The van der Waals surface area contributed by atoms with Crippen LogP contribution < -0.4 is 36.2 Å². The number of hydrogen-bond donors (Lipinski definition) is 7. The van der Waals surface area contributed by atoms with Crippen LogP contribution in [-0.2, 0) is 45.2 Å². The van der Waals surface area contributed by atoms with Crippen LogP contribution in [0.4, 0.5) is 11.4 Å². The first kappa shape index (κ1) is 89.1. The molecular weight excluding hydrogens is 1470 g/mol. The van der Waals surface area contributed by atoms with Crippen LogP contribution in [0.2, 0.25) is 0 Å². The number of methoxy groups -OCH3 is 1. The first-order chi connectivity index (χ1) is 55.0. The molecule has 8 N–H and O–H groups in total. The summed E-state index contributed by atoms with van der Waals surface area (Å²) in [5.41, 5.74) is 34.7. The standard InChI is InChI=1S/C44H61N9O5.C34H46N6O5.C10H17N3/c1-26-36-20-31(44(36,3)4)21-37(26)49-43(56)40-39(27(2)54)38(23-47-50-45)58-53(40)24-28-13-12-15-35(41(28)57-9)29-17-30(19-34(18-29)52(7)8)42(55)48-33(25-51(5)6)22-32-14-10-11-16-46-32;1-18-21(9-8-10-26(18)22-11-23(33(43)44)13-25(12-22)39(6)7)17-40-31(30(20(3)41)29(45-40)16-36-38-35)32(42)37-28-15-24-14-27(19(28)2)34(24,4)5;1-13(2)8-9(11)7-10-5-3-4-6-12-10/h10-19,26-27,31,33,36-40,54H,20-25H2,1-9H3,(H,48,55)(H,49,56);8-13,19-20,24,27-31,41H,14-17H2,1-7H3,(H,37,42)(H,43,44);3-6,9H,7-8,11H2,1-2H3/t26-,27-,31+,33-,36-,37-,38-,39+,40-;19-,20-,24+,27-,28-,29-,30+,31-;9-/m000/s1. The number of carbonyl (C=O) groups excluding carboxylic acids is 3. The lowest BCUT2D eigenvalue weighted by Gasteiger charge is -2.62. The summed E-state index contributed by atoms with van der Waals surface area (Å²) in [7, 11) is 17.2. The van der Waals surface area contributed by atoms with Gasteiger partial charge in [-0.05, 0) is 221 Å². The van der Waals surface area contributed by atoms with Gasteiger partial charge in [0.2, 0.25) is 11.8 Å². The van der Waals surface area contributed by atoms with Gasteiger partial charge in [-0.25, -0.2) is 4.79 Å². The number of nitrogens with zero attached hydrogens (tertiary/aromatic N) is 14. The van der Waals surface area contributed by atoms with E-state index in [9.17, 15) is 40.0 Å². The number of aliphatic hydroxyl groups is 2. The van der Waals surface area contributed by atoms with Gasteiger partial charge in [0.1, 0.15) is 17.8 Å². The normalized spacial score (nSPS) is 25.8. The third-order valence-corrected chi connectivity index (χ3v) is 25.7. The van der Waals surface area contributed by atoms with Crippen LogP contribution in [0.25, 0.3) is 43.1 Å². The van der Waals surface area contributed by atoms with Crippen molar-refractivity contribution in [3.8, 4) is 28.0 Å². The molecule has 6 aliphatic carbocycles. The lowest BCUT2D eigenvalue weighted by molar-refractivity contribution is -0.176. The number of carboxylic acid groups (broad SMARTS) is 1. The Morgan fingerprint density at radius 3 is 1.52 bits per heavy atom. The first-order valence-corrected chi connectivity index (χ1v) is 40.7. The number of hydrogen-bond acceptors (Lipinski definition) is 20. The zero-order chi connectivity index (χ0) is 84.4. The third kappa shape index (κ3) is 20.8. The second-order valence-corrected chi connectivity index (χ2v) is 35.2. The molecule has 116 heavy (non-hydrogen) atoms. The topological polar surface area (TPSA) is 362 Å². The highest BCUT2D eigenvalue weighted by Gasteiger charge is 2.59. The number of ether oxygens (including phenoxy) is 1. The van der Waals surface area contributed by atoms with E-state index in [-0.39, 0.29) is 84.5 Å². The van der Waals surface area contributed by atoms with Crippen LogP contribution in [0.3, 0.4) is 0 Å². The highest BCUT2D eigenvalue weighted by molar-refractivity contribution is 5.97. The average molecular weight is 1590 g/mol. The van der Waals surface area contributed by atoms with Gasteiger partial charge in [0.25, 0.3) is 5.91 Å². The molecule has 2 saturated heterocycles. The van der Waals surface area contributed by atoms with Crippen molar-refractivity contribution in [2.45, 2.75) is 175 Å². The Morgan fingerprint density at radius 1 is 0.629 bits per heavy atom. The van der Waals surface area contributed by atoms with Crippen LogP contribution in [0.5, 0.6) is 5.75 Å². The first-order valence-electron chi connectivity index (χ1n) is 40.7. The number of aromatic nitrogens is 2. The number of benzene rings is 4. The zero-order valence-electron chi connectivity index (χ0n) is 71.0. The van der Waals surface area contributed by atoms with Crippen LogP contribution in [-0.4, -0.2) is 219 Å². The molecule has 0 radical (unpaired) electrons. The molecule has 8 fully saturated rings. The van der Waals surface area contributed by atoms with E-state index in [1.807, 2.05) is 175 Å². The van der Waals surface area contributed by atoms with Gasteiger partial charge < -0.3 is 61.3 Å². The van der Waals surface area contributed by atoms with Gasteiger partial charge >= 0.3 is 5.97 Å². The molecule has 2 aromatic heterocycles. The van der Waals surface area contributed by atoms with Crippen molar-refractivity contribution in [3.63, 3.8) is 0 Å². The summed E-state index contributed by atoms with van der Waals surface area (Å²) in [6, 6.07) is 32.7. The number of pyridine rings is 2. The molecule has 4 aromatic carbocycles. The fraction of sp³-hybridized carbons (Fsp3) is 0.568. The molecule has 28 heteroatoms. The second kappa shape index (κ2) is 38.9. The summed E-state index contributed by atoms with van der Waals surface area (Å²) in [5.74, 6) is 0.532. The Kier molecular flexibility index (Phi) is 29.8. The van der Waals surface area contributed by atoms with Crippen molar-refractivity contribution >= 4 is 35.1 Å². The zero-order valence-corrected chi connectivity index (χ0v) is 71.0. The van der Waals surface area contributed by atoms with Crippen LogP contribution >= 0.6 is 0 Å². The van der Waals surface area contributed by atoms with Crippen molar-refractivity contribution in [3.05, 3.63) is 182 Å². The number of carbonyl (C=O) groups is 4. The maximum Gasteiger partial charge on any atom is 0.335 e. The maximum atomic E-state index is 14.4. The summed E-state index contributed by atoms with van der Waals surface area (Å²) in [6.07, 6.45) is 6.00. The van der Waals surface area contributed by atoms with Gasteiger partial charge in [-0.15, -0.1) is 0 Å². The monoisotopic (exact) mass is 1590 g/mol. The molecule has 4 bridgehead atoms. The number of carboxylic acids is 1. The lowest BCUT2D eigenvalue weighted by atomic mass is 9.45. The van der Waals surface area contributed by atoms with Gasteiger partial charge in [0, 0.05) is 152 Å². The van der Waals surface area contributed by atoms with Crippen LogP contribution in [0, 0.1) is 65.1 Å². The fourth-order valence-corrected chi connectivity index (χ4v) is 19.2. The molecule has 4 heterocycles. The number of para-hydroxylation sites is 1. The minimum atomic E-state index is -1.00. The number of azide groups is 2. The average Bonchev–Trinajstić information content (AvgIpc) is 0.898. The number of aliphatic hydroxyl groups excluding tert-OH is 2. The van der Waals surface area contributed by atoms with Gasteiger partial charge in [0.05, 0.1) is 63.3 Å². The summed E-state index contributed by atoms with van der Waals surface area (Å²) in [5, 5.41) is 52.5. The number of fused-ring (bicyclic) bond motifs is 4. The van der Waals surface area contributed by atoms with Gasteiger partial charge in [-0.3, -0.25) is 34.0 Å². The van der Waals surface area contributed by atoms with Gasteiger partial charge in [-0.1, -0.05) is 100 Å². The smallest absolute Gasteiger partial charge is 0.335 e. The molecule has 6 saturated carbocycles. The van der Waals surface area contributed by atoms with Crippen molar-refractivity contribution < 1.29 is 48.9 Å². The van der Waals surface area contributed by atoms with Gasteiger partial charge in [-0.2, -0.15) is 10.1 Å². The van der Waals surface area contributed by atoms with Crippen molar-refractivity contribution in [1.82, 2.24) is 45.8 Å². The van der Waals surface area contributed by atoms with E-state index in [2.05, 4.69) is 92.4 Å². The molecule has 0 spiro atoms. The van der Waals surface area contributed by atoms with Crippen LogP contribution in [0.1, 0.15) is 130 Å². The SMILES string of the molecule is CN(C)C[C@@H](N)Cc1ccccn1.COc1c(CN2O[C@@H](CN=[N+]=[N-])[C@@H]([C@H](C)O)[C@H]2C(=O)N[C@H]2C[C@H]3C[C@@H]([C@@H]2C)C3(C)C)cccc1-c1cc(C(=O)N[C@@H](Cc2ccccn2)CN(C)C)cc(N(C)C)c1.Cc1c(CN2O[C@@H](CN=[N+]=[N-])[C@@H]([C@H](C)O)[C@H]2C(=O)N[C@H]2C[C@H]3C[C@@H]([C@@H]2C)C3(C)C)cccc1-c1cc(C(=O)O)cc(N(C)C)c1. The Bertz CT molecular complexity index is 4460. The number of rotatable bonds is 30. The van der Waals surface area contributed by atoms with E-state index in [4.69, 9.17) is 25.7 Å². The predicted octanol–water partition coefficient (Wildman–Crippen LogP) is 11.6. The molecule has 0 unspecified atom stereocenters. The minimum absolute atomic E-state index is 0.0124. The largest absolute Gasteiger partial charge is 0.496 e. The fourth-order valence-electron chi connectivity index (χ4n) is 19.2. The Balaban J connectivity index is 0.000000216. The Morgan fingerprint density at radius 2 is 1.09 bits per heavy atom. The molecule has 18 atom stereocenters.